The highest BCUT2D eigenvalue weighted by Gasteiger charge is 2.67. The molecule has 6 atom stereocenters. The molecule has 8 nitrogen and oxygen atoms in total. The largest absolute Gasteiger partial charge is 0.507 e. The van der Waals surface area contributed by atoms with Crippen LogP contribution >= 0.6 is 11.6 Å². The highest BCUT2D eigenvalue weighted by Crippen LogP contribution is 2.64. The fourth-order valence-corrected chi connectivity index (χ4v) is 8.70. The zero-order valence-corrected chi connectivity index (χ0v) is 27.0. The molecule has 0 unspecified atom stereocenters. The number of phenols is 1. The molecule has 0 spiro atoms. The number of anilines is 2. The van der Waals surface area contributed by atoms with Crippen LogP contribution in [0.25, 0.3) is 0 Å². The molecule has 2 heterocycles. The van der Waals surface area contributed by atoms with E-state index in [1.54, 1.807) is 45.0 Å². The van der Waals surface area contributed by atoms with Crippen molar-refractivity contribution in [3.8, 4) is 5.75 Å². The number of phenolic OH excluding ortho intramolecular Hbond substituents is 1. The lowest BCUT2D eigenvalue weighted by Crippen LogP contribution is -2.49. The summed E-state index contributed by atoms with van der Waals surface area (Å²) in [4.78, 5) is 71.1. The van der Waals surface area contributed by atoms with Crippen LogP contribution in [0.4, 0.5) is 15.8 Å². The second-order valence-electron chi connectivity index (χ2n) is 13.4. The van der Waals surface area contributed by atoms with Crippen LogP contribution < -0.4 is 9.80 Å². The number of aryl methyl sites for hydroxylation is 2. The van der Waals surface area contributed by atoms with Gasteiger partial charge in [0, 0.05) is 11.5 Å². The summed E-state index contributed by atoms with van der Waals surface area (Å²) in [5.41, 5.74) is 2.41. The molecule has 240 valence electrons. The minimum Gasteiger partial charge on any atom is -0.507 e. The van der Waals surface area contributed by atoms with Crippen molar-refractivity contribution in [3.63, 3.8) is 0 Å². The third-order valence-electron chi connectivity index (χ3n) is 10.8. The summed E-state index contributed by atoms with van der Waals surface area (Å²) in [5.74, 6) is -5.85. The van der Waals surface area contributed by atoms with E-state index in [1.165, 1.54) is 24.0 Å². The van der Waals surface area contributed by atoms with Crippen LogP contribution in [0.5, 0.6) is 5.75 Å². The van der Waals surface area contributed by atoms with Crippen molar-refractivity contribution in [2.75, 3.05) is 9.80 Å². The Morgan fingerprint density at radius 3 is 2.15 bits per heavy atom. The van der Waals surface area contributed by atoms with Crippen molar-refractivity contribution in [1.29, 1.82) is 0 Å². The topological polar surface area (TPSA) is 112 Å². The van der Waals surface area contributed by atoms with Crippen LogP contribution in [-0.2, 0) is 19.2 Å². The number of hydrogen-bond donors (Lipinski definition) is 1. The second-order valence-corrected chi connectivity index (χ2v) is 13.8. The molecule has 4 aliphatic rings. The maximum atomic E-state index is 14.6. The molecule has 7 rings (SSSR count). The first-order valence-electron chi connectivity index (χ1n) is 15.6. The molecule has 3 aromatic carbocycles. The normalized spacial score (nSPS) is 28.3. The van der Waals surface area contributed by atoms with E-state index in [-0.39, 0.29) is 46.9 Å². The van der Waals surface area contributed by atoms with Gasteiger partial charge in [-0.15, -0.1) is 0 Å². The lowest BCUT2D eigenvalue weighted by molar-refractivity contribution is -0.131. The fourth-order valence-electron chi connectivity index (χ4n) is 8.52. The zero-order chi connectivity index (χ0) is 33.7. The average Bonchev–Trinajstić information content (AvgIpc) is 3.40. The van der Waals surface area contributed by atoms with Gasteiger partial charge >= 0.3 is 0 Å². The summed E-state index contributed by atoms with van der Waals surface area (Å²) in [5, 5.41) is 10.4. The Labute approximate surface area is 275 Å². The Morgan fingerprint density at radius 2 is 1.53 bits per heavy atom. The predicted octanol–water partition coefficient (Wildman–Crippen LogP) is 6.44. The fraction of sp³-hybridized carbons (Fsp3) is 0.324. The van der Waals surface area contributed by atoms with Crippen LogP contribution in [0.1, 0.15) is 59.7 Å². The summed E-state index contributed by atoms with van der Waals surface area (Å²) >= 11 is 6.08. The van der Waals surface area contributed by atoms with Crippen molar-refractivity contribution >= 4 is 52.4 Å². The van der Waals surface area contributed by atoms with Gasteiger partial charge in [0.05, 0.1) is 39.6 Å². The molecule has 0 bridgehead atoms. The quantitative estimate of drug-likeness (QED) is 0.197. The molecule has 2 aliphatic heterocycles. The molecule has 10 heteroatoms. The summed E-state index contributed by atoms with van der Waals surface area (Å²) < 4.78 is 14.1. The number of hydrogen-bond acceptors (Lipinski definition) is 6. The summed E-state index contributed by atoms with van der Waals surface area (Å²) in [6.45, 7) is 6.73. The minimum absolute atomic E-state index is 0.125. The number of nitrogens with zero attached hydrogens (tertiary/aromatic N) is 2. The smallest absolute Gasteiger partial charge is 0.241 e. The summed E-state index contributed by atoms with van der Waals surface area (Å²) in [6, 6.07) is 13.7. The maximum absolute atomic E-state index is 14.6. The van der Waals surface area contributed by atoms with Gasteiger partial charge in [0.1, 0.15) is 11.6 Å². The number of allylic oxidation sites excluding steroid dienone is 2. The molecule has 4 amide bonds. The number of carbonyl (C=O) groups excluding carboxylic acids is 5. The lowest BCUT2D eigenvalue weighted by Gasteiger charge is -2.49. The van der Waals surface area contributed by atoms with Gasteiger partial charge in [0.25, 0.3) is 0 Å². The number of ketones is 1. The van der Waals surface area contributed by atoms with Crippen molar-refractivity contribution in [3.05, 3.63) is 99.3 Å². The number of fused-ring (bicyclic) bond motifs is 4. The SMILES string of the molecule is CC(=O)c1ccc(N2C(=O)[C@H]3[C@H](CC=C4[C@H]3C[C@H]3C(=O)N(c5ccc(F)c(Cl)c5)C(=O)[C@@]3(C)[C@H]4c3cc(C)c(O)c(C)c3)C2=O)cc1. The van der Waals surface area contributed by atoms with Crippen LogP contribution in [0.3, 0.4) is 0 Å². The van der Waals surface area contributed by atoms with E-state index in [1.807, 2.05) is 18.2 Å². The van der Waals surface area contributed by atoms with Gasteiger partial charge in [-0.1, -0.05) is 35.4 Å². The molecule has 0 aromatic heterocycles. The van der Waals surface area contributed by atoms with E-state index in [9.17, 15) is 33.5 Å². The maximum Gasteiger partial charge on any atom is 0.241 e. The van der Waals surface area contributed by atoms with Gasteiger partial charge in [0.2, 0.25) is 23.6 Å². The highest BCUT2D eigenvalue weighted by molar-refractivity contribution is 6.32. The van der Waals surface area contributed by atoms with E-state index < -0.39 is 52.6 Å². The van der Waals surface area contributed by atoms with Gasteiger partial charge < -0.3 is 5.11 Å². The van der Waals surface area contributed by atoms with Crippen LogP contribution in [0, 0.1) is 48.8 Å². The zero-order valence-electron chi connectivity index (χ0n) is 26.2. The Balaban J connectivity index is 1.36. The van der Waals surface area contributed by atoms with Crippen molar-refractivity contribution in [1.82, 2.24) is 0 Å². The standard InChI is InChI=1S/C37H32ClFN2O6/c1-17-13-21(14-18(2)32(17)43)31-24-10-11-25-30(35(46)40(33(25)44)22-7-5-20(6-8-22)19(3)42)26(24)16-27-34(45)41(36(47)37(27,31)4)23-9-12-29(39)28(38)15-23/h5-10,12-15,25-27,30-31,43H,11,16H2,1-4H3/t25-,26+,27-,30-,31-,37+/m0/s1. The Kier molecular flexibility index (Phi) is 7.06. The third kappa shape index (κ3) is 4.35. The number of imide groups is 2. The van der Waals surface area contributed by atoms with E-state index in [0.29, 0.717) is 27.9 Å². The first-order chi connectivity index (χ1) is 22.2. The van der Waals surface area contributed by atoms with Gasteiger partial charge in [-0.25, -0.2) is 9.29 Å². The van der Waals surface area contributed by atoms with E-state index in [2.05, 4.69) is 0 Å². The number of carbonyl (C=O) groups is 5. The van der Waals surface area contributed by atoms with E-state index in [4.69, 9.17) is 11.6 Å². The van der Waals surface area contributed by atoms with Crippen molar-refractivity contribution in [2.24, 2.45) is 29.1 Å². The van der Waals surface area contributed by atoms with Gasteiger partial charge in [0.15, 0.2) is 5.78 Å². The number of benzene rings is 3. The van der Waals surface area contributed by atoms with Gasteiger partial charge in [-0.05, 0) is 106 Å². The van der Waals surface area contributed by atoms with Crippen LogP contribution in [0.15, 0.2) is 66.2 Å². The highest BCUT2D eigenvalue weighted by atomic mass is 35.5. The molecule has 0 radical (unpaired) electrons. The number of halogens is 2. The monoisotopic (exact) mass is 654 g/mol. The minimum atomic E-state index is -1.29. The molecule has 3 fully saturated rings. The average molecular weight is 655 g/mol. The van der Waals surface area contributed by atoms with E-state index in [0.717, 1.165) is 16.5 Å². The molecular formula is C37H32ClFN2O6. The summed E-state index contributed by atoms with van der Waals surface area (Å²) in [6.07, 6.45) is 2.39. The second kappa shape index (κ2) is 10.7. The predicted molar refractivity (Wildman–Crippen MR) is 173 cm³/mol. The first kappa shape index (κ1) is 31.0. The number of aromatic hydroxyl groups is 1. The molecule has 47 heavy (non-hydrogen) atoms. The molecular weight excluding hydrogens is 623 g/mol. The molecule has 1 N–H and O–H groups in total. The van der Waals surface area contributed by atoms with Crippen molar-refractivity contribution in [2.45, 2.75) is 46.5 Å². The third-order valence-corrected chi connectivity index (χ3v) is 11.1. The Hall–Kier alpha value is -4.63. The number of amides is 4. The van der Waals surface area contributed by atoms with Crippen LogP contribution in [-0.4, -0.2) is 34.5 Å². The summed E-state index contributed by atoms with van der Waals surface area (Å²) in [7, 11) is 0. The first-order valence-corrected chi connectivity index (χ1v) is 16.0. The Bertz CT molecular complexity index is 1950. The molecule has 1 saturated carbocycles. The van der Waals surface area contributed by atoms with Gasteiger partial charge in [-0.2, -0.15) is 0 Å². The molecule has 2 saturated heterocycles. The molecule has 2 aliphatic carbocycles. The Morgan fingerprint density at radius 1 is 0.894 bits per heavy atom. The number of Topliss-reactive ketones (excluding diaryl/α,β-unsaturated/α-hetero) is 1. The number of rotatable bonds is 4. The van der Waals surface area contributed by atoms with Crippen molar-refractivity contribution < 1.29 is 33.5 Å². The van der Waals surface area contributed by atoms with Crippen LogP contribution in [0.2, 0.25) is 5.02 Å². The van der Waals surface area contributed by atoms with Gasteiger partial charge in [-0.3, -0.25) is 28.9 Å². The molecule has 3 aromatic rings. The lowest BCUT2D eigenvalue weighted by atomic mass is 9.51. The van der Waals surface area contributed by atoms with E-state index >= 15 is 0 Å².